The molecule has 0 aliphatic rings. The van der Waals surface area contributed by atoms with Crippen LogP contribution in [0.2, 0.25) is 5.02 Å². The number of halogens is 1. The van der Waals surface area contributed by atoms with E-state index in [2.05, 4.69) is 11.9 Å². The Labute approximate surface area is 124 Å². The van der Waals surface area contributed by atoms with Crippen LogP contribution in [0, 0.1) is 0 Å². The second-order valence-electron chi connectivity index (χ2n) is 4.83. The zero-order valence-electron chi connectivity index (χ0n) is 11.8. The minimum Gasteiger partial charge on any atom is -0.496 e. The van der Waals surface area contributed by atoms with Crippen LogP contribution in [0.5, 0.6) is 5.75 Å². The molecular formula is C16H19ClN2O. The average molecular weight is 291 g/mol. The van der Waals surface area contributed by atoms with Crippen LogP contribution >= 0.6 is 11.6 Å². The van der Waals surface area contributed by atoms with Gasteiger partial charge in [0.1, 0.15) is 5.75 Å². The van der Waals surface area contributed by atoms with Gasteiger partial charge in [-0.2, -0.15) is 0 Å². The van der Waals surface area contributed by atoms with Crippen LogP contribution in [0.3, 0.4) is 0 Å². The van der Waals surface area contributed by atoms with Crippen molar-refractivity contribution >= 4 is 17.3 Å². The van der Waals surface area contributed by atoms with E-state index in [1.54, 1.807) is 7.11 Å². The maximum Gasteiger partial charge on any atom is 0.125 e. The van der Waals surface area contributed by atoms with E-state index in [4.69, 9.17) is 22.1 Å². The molecule has 2 rings (SSSR count). The maximum absolute atomic E-state index is 6.18. The first-order valence-electron chi connectivity index (χ1n) is 6.44. The van der Waals surface area contributed by atoms with Gasteiger partial charge in [0.2, 0.25) is 0 Å². The highest BCUT2D eigenvalue weighted by Gasteiger charge is 2.08. The number of hydrogen-bond acceptors (Lipinski definition) is 3. The van der Waals surface area contributed by atoms with Crippen molar-refractivity contribution in [2.24, 2.45) is 0 Å². The van der Waals surface area contributed by atoms with Crippen LogP contribution in [0.1, 0.15) is 11.1 Å². The van der Waals surface area contributed by atoms with Gasteiger partial charge in [-0.25, -0.2) is 0 Å². The third kappa shape index (κ3) is 3.65. The molecule has 0 amide bonds. The van der Waals surface area contributed by atoms with Crippen LogP contribution in [0.15, 0.2) is 42.5 Å². The molecule has 0 spiro atoms. The molecule has 4 heteroatoms. The Bertz CT molecular complexity index is 586. The van der Waals surface area contributed by atoms with Crippen molar-refractivity contribution in [1.82, 2.24) is 4.90 Å². The summed E-state index contributed by atoms with van der Waals surface area (Å²) < 4.78 is 5.37. The van der Waals surface area contributed by atoms with Gasteiger partial charge in [0.05, 0.1) is 7.11 Å². The Balaban J connectivity index is 2.08. The number of rotatable bonds is 5. The SMILES string of the molecule is COc1cc(N)ccc1CN(C)Cc1ccccc1Cl. The monoisotopic (exact) mass is 290 g/mol. The molecule has 0 aromatic heterocycles. The van der Waals surface area contributed by atoms with Gasteiger partial charge >= 0.3 is 0 Å². The number of ether oxygens (including phenoxy) is 1. The predicted molar refractivity (Wildman–Crippen MR) is 84.0 cm³/mol. The van der Waals surface area contributed by atoms with Gasteiger partial charge in [0.15, 0.2) is 0 Å². The Hall–Kier alpha value is -1.71. The van der Waals surface area contributed by atoms with E-state index in [-0.39, 0.29) is 0 Å². The molecule has 0 unspecified atom stereocenters. The predicted octanol–water partition coefficient (Wildman–Crippen LogP) is 3.56. The molecule has 2 N–H and O–H groups in total. The molecule has 3 nitrogen and oxygen atoms in total. The van der Waals surface area contributed by atoms with Gasteiger partial charge in [-0.1, -0.05) is 35.9 Å². The molecule has 0 bridgehead atoms. The molecule has 0 aliphatic carbocycles. The molecule has 0 atom stereocenters. The van der Waals surface area contributed by atoms with Gasteiger partial charge in [-0.05, 0) is 24.7 Å². The number of anilines is 1. The summed E-state index contributed by atoms with van der Waals surface area (Å²) >= 11 is 6.18. The molecule has 0 radical (unpaired) electrons. The topological polar surface area (TPSA) is 38.5 Å². The summed E-state index contributed by atoms with van der Waals surface area (Å²) in [5.74, 6) is 0.816. The molecule has 0 fully saturated rings. The van der Waals surface area contributed by atoms with E-state index >= 15 is 0 Å². The Morgan fingerprint density at radius 1 is 1.10 bits per heavy atom. The molecular weight excluding hydrogens is 272 g/mol. The third-order valence-corrected chi connectivity index (χ3v) is 3.52. The molecule has 0 saturated carbocycles. The Kier molecular flexibility index (Phi) is 4.88. The summed E-state index contributed by atoms with van der Waals surface area (Å²) in [5, 5.41) is 0.795. The standard InChI is InChI=1S/C16H19ClN2O/c1-19(10-12-5-3-4-6-15(12)17)11-13-7-8-14(18)9-16(13)20-2/h3-9H,10-11,18H2,1-2H3. The van der Waals surface area contributed by atoms with Crippen molar-refractivity contribution in [3.63, 3.8) is 0 Å². The van der Waals surface area contributed by atoms with Gasteiger partial charge in [0, 0.05) is 35.4 Å². The van der Waals surface area contributed by atoms with Crippen LogP contribution in [0.25, 0.3) is 0 Å². The quantitative estimate of drug-likeness (QED) is 0.856. The summed E-state index contributed by atoms with van der Waals surface area (Å²) in [6, 6.07) is 13.6. The molecule has 0 heterocycles. The lowest BCUT2D eigenvalue weighted by molar-refractivity contribution is 0.310. The van der Waals surface area contributed by atoms with Crippen molar-refractivity contribution in [1.29, 1.82) is 0 Å². The molecule has 2 aromatic carbocycles. The molecule has 0 saturated heterocycles. The minimum absolute atomic E-state index is 0.708. The van der Waals surface area contributed by atoms with E-state index in [9.17, 15) is 0 Å². The Morgan fingerprint density at radius 3 is 2.50 bits per heavy atom. The lowest BCUT2D eigenvalue weighted by Gasteiger charge is -2.19. The van der Waals surface area contributed by atoms with Crippen LogP contribution < -0.4 is 10.5 Å². The molecule has 20 heavy (non-hydrogen) atoms. The lowest BCUT2D eigenvalue weighted by atomic mass is 10.1. The zero-order chi connectivity index (χ0) is 14.5. The van der Waals surface area contributed by atoms with E-state index in [1.807, 2.05) is 42.5 Å². The molecule has 0 aliphatic heterocycles. The second kappa shape index (κ2) is 6.64. The Morgan fingerprint density at radius 2 is 1.80 bits per heavy atom. The van der Waals surface area contributed by atoms with E-state index < -0.39 is 0 Å². The second-order valence-corrected chi connectivity index (χ2v) is 5.24. The fourth-order valence-electron chi connectivity index (χ4n) is 2.16. The van der Waals surface area contributed by atoms with Crippen LogP contribution in [-0.2, 0) is 13.1 Å². The number of nitrogen functional groups attached to an aromatic ring is 1. The maximum atomic E-state index is 6.18. The van der Waals surface area contributed by atoms with Gasteiger partial charge in [-0.3, -0.25) is 4.90 Å². The summed E-state index contributed by atoms with van der Waals surface area (Å²) in [4.78, 5) is 2.19. The summed E-state index contributed by atoms with van der Waals surface area (Å²) in [7, 11) is 3.71. The van der Waals surface area contributed by atoms with E-state index in [0.29, 0.717) is 5.69 Å². The van der Waals surface area contributed by atoms with Crippen molar-refractivity contribution in [3.05, 3.63) is 58.6 Å². The van der Waals surface area contributed by atoms with Crippen molar-refractivity contribution in [3.8, 4) is 5.75 Å². The smallest absolute Gasteiger partial charge is 0.125 e. The number of benzene rings is 2. The first-order valence-corrected chi connectivity index (χ1v) is 6.82. The number of methoxy groups -OCH3 is 1. The zero-order valence-corrected chi connectivity index (χ0v) is 12.5. The summed E-state index contributed by atoms with van der Waals surface area (Å²) in [6.07, 6.45) is 0. The summed E-state index contributed by atoms with van der Waals surface area (Å²) in [5.41, 5.74) is 8.70. The first-order chi connectivity index (χ1) is 9.60. The van der Waals surface area contributed by atoms with Crippen molar-refractivity contribution in [2.75, 3.05) is 19.9 Å². The van der Waals surface area contributed by atoms with Gasteiger partial charge < -0.3 is 10.5 Å². The van der Waals surface area contributed by atoms with Crippen molar-refractivity contribution < 1.29 is 4.74 Å². The normalized spacial score (nSPS) is 10.8. The first kappa shape index (κ1) is 14.7. The van der Waals surface area contributed by atoms with Gasteiger partial charge in [0.25, 0.3) is 0 Å². The number of nitrogens with two attached hydrogens (primary N) is 1. The fourth-order valence-corrected chi connectivity index (χ4v) is 2.35. The van der Waals surface area contributed by atoms with Crippen LogP contribution in [0.4, 0.5) is 5.69 Å². The fraction of sp³-hybridized carbons (Fsp3) is 0.250. The lowest BCUT2D eigenvalue weighted by Crippen LogP contribution is -2.18. The van der Waals surface area contributed by atoms with E-state index in [0.717, 1.165) is 35.0 Å². The van der Waals surface area contributed by atoms with E-state index in [1.165, 1.54) is 0 Å². The minimum atomic E-state index is 0.708. The number of nitrogens with zero attached hydrogens (tertiary/aromatic N) is 1. The highest BCUT2D eigenvalue weighted by molar-refractivity contribution is 6.31. The van der Waals surface area contributed by atoms with Gasteiger partial charge in [-0.15, -0.1) is 0 Å². The van der Waals surface area contributed by atoms with Crippen molar-refractivity contribution in [2.45, 2.75) is 13.1 Å². The average Bonchev–Trinajstić information content (AvgIpc) is 2.43. The van der Waals surface area contributed by atoms with Crippen LogP contribution in [-0.4, -0.2) is 19.1 Å². The summed E-state index contributed by atoms with van der Waals surface area (Å²) in [6.45, 7) is 1.56. The third-order valence-electron chi connectivity index (χ3n) is 3.15. The highest BCUT2D eigenvalue weighted by Crippen LogP contribution is 2.24. The molecule has 2 aromatic rings. The molecule has 106 valence electrons. The largest absolute Gasteiger partial charge is 0.496 e. The number of hydrogen-bond donors (Lipinski definition) is 1. The highest BCUT2D eigenvalue weighted by atomic mass is 35.5.